The van der Waals surface area contributed by atoms with E-state index in [1.807, 2.05) is 6.92 Å². The first kappa shape index (κ1) is 15.8. The minimum Gasteiger partial charge on any atom is -0.381 e. The van der Waals surface area contributed by atoms with Crippen LogP contribution in [0, 0.1) is 5.92 Å². The number of ether oxygens (including phenoxy) is 1. The summed E-state index contributed by atoms with van der Waals surface area (Å²) in [6, 6.07) is 0. The Labute approximate surface area is 115 Å². The molecule has 1 amide bonds. The fourth-order valence-electron chi connectivity index (χ4n) is 2.09. The quantitative estimate of drug-likeness (QED) is 0.565. The molecular weight excluding hydrogens is 244 g/mol. The highest BCUT2D eigenvalue weighted by Crippen LogP contribution is 2.16. The van der Waals surface area contributed by atoms with Crippen LogP contribution in [0.4, 0.5) is 0 Å². The number of hydrogen-bond acceptors (Lipinski definition) is 3. The van der Waals surface area contributed by atoms with Crippen molar-refractivity contribution >= 4 is 11.9 Å². The van der Waals surface area contributed by atoms with Crippen LogP contribution in [0.3, 0.4) is 0 Å². The van der Waals surface area contributed by atoms with Gasteiger partial charge in [-0.05, 0) is 13.3 Å². The molecule has 1 unspecified atom stereocenters. The van der Waals surface area contributed by atoms with E-state index in [0.717, 1.165) is 38.7 Å². The number of amides is 1. The number of carbonyl (C=O) groups is 1. The van der Waals surface area contributed by atoms with Crippen LogP contribution in [0.2, 0.25) is 0 Å². The lowest BCUT2D eigenvalue weighted by Crippen LogP contribution is -2.44. The van der Waals surface area contributed by atoms with Gasteiger partial charge in [0, 0.05) is 46.8 Å². The Morgan fingerprint density at radius 1 is 1.53 bits per heavy atom. The minimum atomic E-state index is 0.0474. The lowest BCUT2D eigenvalue weighted by molar-refractivity contribution is -0.127. The Morgan fingerprint density at radius 2 is 2.26 bits per heavy atom. The van der Waals surface area contributed by atoms with E-state index in [1.54, 1.807) is 26.0 Å². The molecule has 1 N–H and O–H groups in total. The number of hydrogen-bond donors (Lipinski definition) is 1. The van der Waals surface area contributed by atoms with E-state index >= 15 is 0 Å². The number of guanidine groups is 1. The van der Waals surface area contributed by atoms with Crippen molar-refractivity contribution in [1.82, 2.24) is 15.1 Å². The van der Waals surface area contributed by atoms with Crippen molar-refractivity contribution in [2.24, 2.45) is 10.9 Å². The maximum Gasteiger partial charge on any atom is 0.241 e. The van der Waals surface area contributed by atoms with E-state index in [-0.39, 0.29) is 12.5 Å². The zero-order valence-electron chi connectivity index (χ0n) is 12.5. The van der Waals surface area contributed by atoms with Gasteiger partial charge >= 0.3 is 0 Å². The molecule has 0 radical (unpaired) electrons. The second kappa shape index (κ2) is 7.99. The number of nitrogens with one attached hydrogen (secondary N) is 1. The summed E-state index contributed by atoms with van der Waals surface area (Å²) in [5, 5.41) is 3.11. The van der Waals surface area contributed by atoms with Gasteiger partial charge in [0.2, 0.25) is 5.91 Å². The molecule has 1 saturated heterocycles. The zero-order chi connectivity index (χ0) is 14.3. The number of likely N-dealkylation sites (tertiary alicyclic amines) is 1. The SMILES string of the molecule is CCOCC1CCN(C(=NC)NCC(=O)N(C)C)C1. The highest BCUT2D eigenvalue weighted by Gasteiger charge is 2.25. The van der Waals surface area contributed by atoms with Gasteiger partial charge in [0.05, 0.1) is 13.2 Å². The first-order chi connectivity index (χ1) is 9.08. The summed E-state index contributed by atoms with van der Waals surface area (Å²) in [6.07, 6.45) is 1.11. The van der Waals surface area contributed by atoms with E-state index in [1.165, 1.54) is 0 Å². The van der Waals surface area contributed by atoms with E-state index in [4.69, 9.17) is 4.74 Å². The van der Waals surface area contributed by atoms with Crippen LogP contribution >= 0.6 is 0 Å². The monoisotopic (exact) mass is 270 g/mol. The zero-order valence-corrected chi connectivity index (χ0v) is 12.5. The van der Waals surface area contributed by atoms with Crippen LogP contribution in [0.15, 0.2) is 4.99 Å². The number of aliphatic imine (C=N–C) groups is 1. The van der Waals surface area contributed by atoms with E-state index in [2.05, 4.69) is 15.2 Å². The van der Waals surface area contributed by atoms with Crippen LogP contribution in [-0.4, -0.2) is 75.7 Å². The van der Waals surface area contributed by atoms with Crippen molar-refractivity contribution < 1.29 is 9.53 Å². The molecule has 110 valence electrons. The molecule has 0 aliphatic carbocycles. The van der Waals surface area contributed by atoms with Crippen LogP contribution < -0.4 is 5.32 Å². The summed E-state index contributed by atoms with van der Waals surface area (Å²) in [4.78, 5) is 19.5. The largest absolute Gasteiger partial charge is 0.381 e. The van der Waals surface area contributed by atoms with Crippen molar-refractivity contribution in [1.29, 1.82) is 0 Å². The van der Waals surface area contributed by atoms with Crippen LogP contribution in [0.5, 0.6) is 0 Å². The maximum atomic E-state index is 11.6. The van der Waals surface area contributed by atoms with E-state index < -0.39 is 0 Å². The van der Waals surface area contributed by atoms with Crippen molar-refractivity contribution in [3.8, 4) is 0 Å². The average Bonchev–Trinajstić information content (AvgIpc) is 2.85. The van der Waals surface area contributed by atoms with Gasteiger partial charge in [0.25, 0.3) is 0 Å². The topological polar surface area (TPSA) is 57.2 Å². The number of rotatable bonds is 5. The average molecular weight is 270 g/mol. The number of likely N-dealkylation sites (N-methyl/N-ethyl adjacent to an activating group) is 1. The summed E-state index contributed by atoms with van der Waals surface area (Å²) in [6.45, 7) is 5.77. The molecule has 0 spiro atoms. The Kier molecular flexibility index (Phi) is 6.62. The molecular formula is C13H26N4O2. The van der Waals surface area contributed by atoms with Crippen LogP contribution in [0.1, 0.15) is 13.3 Å². The Hall–Kier alpha value is -1.30. The van der Waals surface area contributed by atoms with Gasteiger partial charge < -0.3 is 19.9 Å². The molecule has 1 fully saturated rings. The molecule has 0 aromatic carbocycles. The van der Waals surface area contributed by atoms with Gasteiger partial charge in [-0.3, -0.25) is 9.79 Å². The number of nitrogens with zero attached hydrogens (tertiary/aromatic N) is 3. The summed E-state index contributed by atoms with van der Waals surface area (Å²) in [7, 11) is 5.25. The fraction of sp³-hybridized carbons (Fsp3) is 0.846. The molecule has 0 bridgehead atoms. The molecule has 0 aromatic heterocycles. The third kappa shape index (κ3) is 5.06. The molecule has 19 heavy (non-hydrogen) atoms. The summed E-state index contributed by atoms with van der Waals surface area (Å²) >= 11 is 0. The second-order valence-corrected chi connectivity index (χ2v) is 4.95. The molecule has 1 aliphatic heterocycles. The normalized spacial score (nSPS) is 19.7. The Balaban J connectivity index is 2.38. The minimum absolute atomic E-state index is 0.0474. The molecule has 0 saturated carbocycles. The van der Waals surface area contributed by atoms with Gasteiger partial charge in [0.1, 0.15) is 0 Å². The molecule has 1 heterocycles. The lowest BCUT2D eigenvalue weighted by Gasteiger charge is -2.22. The Bertz CT molecular complexity index is 318. The predicted octanol–water partition coefficient (Wildman–Crippen LogP) is 0.00840. The molecule has 1 rings (SSSR count). The maximum absolute atomic E-state index is 11.6. The standard InChI is InChI=1S/C13H26N4O2/c1-5-19-10-11-6-7-17(9-11)13(14-2)15-8-12(18)16(3)4/h11H,5-10H2,1-4H3,(H,14,15). The van der Waals surface area contributed by atoms with Gasteiger partial charge in [-0.15, -0.1) is 0 Å². The van der Waals surface area contributed by atoms with E-state index in [0.29, 0.717) is 5.92 Å². The van der Waals surface area contributed by atoms with Crippen LogP contribution in [0.25, 0.3) is 0 Å². The summed E-state index contributed by atoms with van der Waals surface area (Å²) in [5.74, 6) is 1.41. The van der Waals surface area contributed by atoms with Crippen molar-refractivity contribution in [2.45, 2.75) is 13.3 Å². The molecule has 6 heteroatoms. The predicted molar refractivity (Wildman–Crippen MR) is 76.2 cm³/mol. The van der Waals surface area contributed by atoms with E-state index in [9.17, 15) is 4.79 Å². The molecule has 0 aromatic rings. The highest BCUT2D eigenvalue weighted by molar-refractivity contribution is 5.86. The van der Waals surface area contributed by atoms with Crippen molar-refractivity contribution in [3.05, 3.63) is 0 Å². The first-order valence-corrected chi connectivity index (χ1v) is 6.82. The second-order valence-electron chi connectivity index (χ2n) is 4.95. The highest BCUT2D eigenvalue weighted by atomic mass is 16.5. The van der Waals surface area contributed by atoms with Crippen molar-refractivity contribution in [3.63, 3.8) is 0 Å². The third-order valence-corrected chi connectivity index (χ3v) is 3.25. The molecule has 1 aliphatic rings. The van der Waals surface area contributed by atoms with Gasteiger partial charge in [-0.25, -0.2) is 0 Å². The number of carbonyl (C=O) groups excluding carboxylic acids is 1. The van der Waals surface area contributed by atoms with Gasteiger partial charge in [-0.1, -0.05) is 0 Å². The van der Waals surface area contributed by atoms with Crippen LogP contribution in [-0.2, 0) is 9.53 Å². The lowest BCUT2D eigenvalue weighted by atomic mass is 10.1. The smallest absolute Gasteiger partial charge is 0.241 e. The molecule has 6 nitrogen and oxygen atoms in total. The first-order valence-electron chi connectivity index (χ1n) is 6.82. The molecule has 1 atom stereocenters. The third-order valence-electron chi connectivity index (χ3n) is 3.25. The van der Waals surface area contributed by atoms with Gasteiger partial charge in [-0.2, -0.15) is 0 Å². The Morgan fingerprint density at radius 3 is 2.84 bits per heavy atom. The van der Waals surface area contributed by atoms with Crippen molar-refractivity contribution in [2.75, 3.05) is 54.0 Å². The fourth-order valence-corrected chi connectivity index (χ4v) is 2.09. The van der Waals surface area contributed by atoms with Gasteiger partial charge in [0.15, 0.2) is 5.96 Å². The summed E-state index contributed by atoms with van der Waals surface area (Å²) in [5.41, 5.74) is 0. The summed E-state index contributed by atoms with van der Waals surface area (Å²) < 4.78 is 5.46.